The fourth-order valence-corrected chi connectivity index (χ4v) is 2.55. The first-order chi connectivity index (χ1) is 5.90. The molecule has 2 heterocycles. The van der Waals surface area contributed by atoms with Gasteiger partial charge in [0.15, 0.2) is 5.06 Å². The molecule has 0 atom stereocenters. The van der Waals surface area contributed by atoms with Gasteiger partial charge in [-0.1, -0.05) is 0 Å². The van der Waals surface area contributed by atoms with Crippen LogP contribution in [0.2, 0.25) is 0 Å². The number of fused-ring (bicyclic) bond motifs is 1. The minimum atomic E-state index is 0.736. The van der Waals surface area contributed by atoms with E-state index in [0.29, 0.717) is 0 Å². The van der Waals surface area contributed by atoms with Crippen LogP contribution in [-0.2, 0) is 12.8 Å². The molecule has 0 bridgehead atoms. The van der Waals surface area contributed by atoms with Gasteiger partial charge in [-0.25, -0.2) is 0 Å². The van der Waals surface area contributed by atoms with Crippen LogP contribution in [0.1, 0.15) is 16.9 Å². The Bertz CT molecular complexity index is 246. The molecule has 0 saturated heterocycles. The molecule has 0 aliphatic carbocycles. The third-order valence-corrected chi connectivity index (χ3v) is 3.19. The van der Waals surface area contributed by atoms with Gasteiger partial charge in [0, 0.05) is 10.4 Å². The normalized spacial score (nSPS) is 15.4. The fourth-order valence-electron chi connectivity index (χ4n) is 1.46. The van der Waals surface area contributed by atoms with Crippen LogP contribution < -0.4 is 10.5 Å². The van der Waals surface area contributed by atoms with Crippen molar-refractivity contribution in [3.8, 4) is 5.06 Å². The Morgan fingerprint density at radius 1 is 1.58 bits per heavy atom. The fraction of sp³-hybridized carbons (Fsp3) is 0.556. The van der Waals surface area contributed by atoms with Crippen LogP contribution >= 0.6 is 11.3 Å². The summed E-state index contributed by atoms with van der Waals surface area (Å²) in [5, 5.41) is 1.13. The number of ether oxygens (including phenoxy) is 1. The topological polar surface area (TPSA) is 35.2 Å². The van der Waals surface area contributed by atoms with Gasteiger partial charge in [0.05, 0.1) is 6.61 Å². The number of nitrogens with two attached hydrogens (primary N) is 1. The zero-order chi connectivity index (χ0) is 8.39. The van der Waals surface area contributed by atoms with E-state index < -0.39 is 0 Å². The largest absolute Gasteiger partial charge is 0.484 e. The lowest BCUT2D eigenvalue weighted by atomic mass is 10.1. The van der Waals surface area contributed by atoms with E-state index in [9.17, 15) is 0 Å². The van der Waals surface area contributed by atoms with E-state index in [1.807, 2.05) is 0 Å². The highest BCUT2D eigenvalue weighted by atomic mass is 32.1. The quantitative estimate of drug-likeness (QED) is 0.755. The van der Waals surface area contributed by atoms with E-state index in [2.05, 4.69) is 6.07 Å². The minimum absolute atomic E-state index is 0.736. The van der Waals surface area contributed by atoms with Crippen molar-refractivity contribution < 1.29 is 4.74 Å². The molecule has 1 aliphatic rings. The van der Waals surface area contributed by atoms with Crippen molar-refractivity contribution >= 4 is 11.3 Å². The Hall–Kier alpha value is -0.540. The summed E-state index contributed by atoms with van der Waals surface area (Å²) in [4.78, 5) is 1.37. The third-order valence-electron chi connectivity index (χ3n) is 2.04. The van der Waals surface area contributed by atoms with Gasteiger partial charge < -0.3 is 10.5 Å². The van der Waals surface area contributed by atoms with Crippen molar-refractivity contribution in [2.45, 2.75) is 19.3 Å². The Morgan fingerprint density at radius 3 is 3.25 bits per heavy atom. The summed E-state index contributed by atoms with van der Waals surface area (Å²) in [5.74, 6) is 0. The first-order valence-electron chi connectivity index (χ1n) is 4.34. The SMILES string of the molecule is NCCc1cc2c(s1)OCCC2. The number of rotatable bonds is 2. The summed E-state index contributed by atoms with van der Waals surface area (Å²) in [6, 6.07) is 2.24. The van der Waals surface area contributed by atoms with E-state index in [4.69, 9.17) is 10.5 Å². The zero-order valence-corrected chi connectivity index (χ0v) is 7.82. The van der Waals surface area contributed by atoms with Gasteiger partial charge in [0.25, 0.3) is 0 Å². The summed E-state index contributed by atoms with van der Waals surface area (Å²) in [7, 11) is 0. The summed E-state index contributed by atoms with van der Waals surface area (Å²) in [6.45, 7) is 1.62. The van der Waals surface area contributed by atoms with Crippen molar-refractivity contribution in [2.75, 3.05) is 13.2 Å². The predicted molar refractivity (Wildman–Crippen MR) is 50.9 cm³/mol. The van der Waals surface area contributed by atoms with E-state index in [-0.39, 0.29) is 0 Å². The second kappa shape index (κ2) is 3.46. The lowest BCUT2D eigenvalue weighted by Gasteiger charge is -2.11. The van der Waals surface area contributed by atoms with E-state index in [0.717, 1.165) is 31.1 Å². The molecule has 1 aromatic heterocycles. The van der Waals surface area contributed by atoms with Gasteiger partial charge in [-0.05, 0) is 31.9 Å². The van der Waals surface area contributed by atoms with Crippen molar-refractivity contribution in [1.29, 1.82) is 0 Å². The van der Waals surface area contributed by atoms with Crippen molar-refractivity contribution in [3.63, 3.8) is 0 Å². The molecule has 0 unspecified atom stereocenters. The Kier molecular flexibility index (Phi) is 2.33. The molecule has 2 rings (SSSR count). The van der Waals surface area contributed by atoms with Gasteiger partial charge in [0.1, 0.15) is 0 Å². The molecule has 66 valence electrons. The van der Waals surface area contributed by atoms with Crippen molar-refractivity contribution in [2.24, 2.45) is 5.73 Å². The highest BCUT2D eigenvalue weighted by Crippen LogP contribution is 2.34. The minimum Gasteiger partial charge on any atom is -0.484 e. The molecule has 2 N–H and O–H groups in total. The maximum Gasteiger partial charge on any atom is 0.177 e. The van der Waals surface area contributed by atoms with Gasteiger partial charge in [-0.3, -0.25) is 0 Å². The van der Waals surface area contributed by atoms with Gasteiger partial charge in [-0.2, -0.15) is 0 Å². The number of hydrogen-bond donors (Lipinski definition) is 1. The smallest absolute Gasteiger partial charge is 0.177 e. The molecule has 0 fully saturated rings. The lowest BCUT2D eigenvalue weighted by molar-refractivity contribution is 0.298. The van der Waals surface area contributed by atoms with Crippen LogP contribution in [0.3, 0.4) is 0 Å². The lowest BCUT2D eigenvalue weighted by Crippen LogP contribution is -2.04. The number of hydrogen-bond acceptors (Lipinski definition) is 3. The van der Waals surface area contributed by atoms with Gasteiger partial charge in [-0.15, -0.1) is 11.3 Å². The Balaban J connectivity index is 2.20. The van der Waals surface area contributed by atoms with Crippen LogP contribution in [0, 0.1) is 0 Å². The van der Waals surface area contributed by atoms with Crippen LogP contribution in [0.25, 0.3) is 0 Å². The first-order valence-corrected chi connectivity index (χ1v) is 5.16. The molecule has 2 nitrogen and oxygen atoms in total. The highest BCUT2D eigenvalue weighted by Gasteiger charge is 2.13. The molecule has 1 aliphatic heterocycles. The van der Waals surface area contributed by atoms with Crippen LogP contribution in [-0.4, -0.2) is 13.2 Å². The standard InChI is InChI=1S/C9H13NOS/c10-4-3-8-6-7-2-1-5-11-9(7)12-8/h6H,1-5,10H2. The maximum absolute atomic E-state index is 5.53. The summed E-state index contributed by atoms with van der Waals surface area (Å²) in [6.07, 6.45) is 3.32. The van der Waals surface area contributed by atoms with E-state index in [1.54, 1.807) is 11.3 Å². The molecule has 12 heavy (non-hydrogen) atoms. The Morgan fingerprint density at radius 2 is 2.50 bits per heavy atom. The molecule has 3 heteroatoms. The summed E-state index contributed by atoms with van der Waals surface area (Å²) < 4.78 is 5.53. The molecule has 0 aromatic carbocycles. The number of aryl methyl sites for hydroxylation is 1. The molecular formula is C9H13NOS. The van der Waals surface area contributed by atoms with Gasteiger partial charge >= 0.3 is 0 Å². The molecule has 0 saturated carbocycles. The van der Waals surface area contributed by atoms with E-state index >= 15 is 0 Å². The summed E-state index contributed by atoms with van der Waals surface area (Å²) in [5.41, 5.74) is 6.87. The Labute approximate surface area is 76.3 Å². The maximum atomic E-state index is 5.53. The second-order valence-corrected chi connectivity index (χ2v) is 4.12. The van der Waals surface area contributed by atoms with Crippen molar-refractivity contribution in [3.05, 3.63) is 16.5 Å². The average molecular weight is 183 g/mol. The second-order valence-electron chi connectivity index (χ2n) is 3.02. The third kappa shape index (κ3) is 1.47. The first kappa shape index (κ1) is 8.08. The van der Waals surface area contributed by atoms with Crippen molar-refractivity contribution in [1.82, 2.24) is 0 Å². The van der Waals surface area contributed by atoms with Crippen LogP contribution in [0.4, 0.5) is 0 Å². The van der Waals surface area contributed by atoms with Crippen LogP contribution in [0.5, 0.6) is 5.06 Å². The molecule has 0 spiro atoms. The highest BCUT2D eigenvalue weighted by molar-refractivity contribution is 7.14. The van der Waals surface area contributed by atoms with Crippen LogP contribution in [0.15, 0.2) is 6.07 Å². The molecular weight excluding hydrogens is 170 g/mol. The molecule has 1 aromatic rings. The van der Waals surface area contributed by atoms with E-state index in [1.165, 1.54) is 16.9 Å². The number of thiophene rings is 1. The molecule has 0 amide bonds. The molecule has 0 radical (unpaired) electrons. The monoisotopic (exact) mass is 183 g/mol. The predicted octanol–water partition coefficient (Wildman–Crippen LogP) is 1.57. The zero-order valence-electron chi connectivity index (χ0n) is 7.01. The summed E-state index contributed by atoms with van der Waals surface area (Å²) >= 11 is 1.76. The average Bonchev–Trinajstić information content (AvgIpc) is 2.47. The van der Waals surface area contributed by atoms with Gasteiger partial charge in [0.2, 0.25) is 0 Å².